The minimum Gasteiger partial charge on any atom is -0.467 e. The predicted octanol–water partition coefficient (Wildman–Crippen LogP) is 4.02. The molecule has 1 aliphatic heterocycles. The summed E-state index contributed by atoms with van der Waals surface area (Å²) in [6.07, 6.45) is 7.30. The number of thiazole rings is 1. The first-order valence-electron chi connectivity index (χ1n) is 8.51. The Balaban J connectivity index is 1.57. The summed E-state index contributed by atoms with van der Waals surface area (Å²) in [4.78, 5) is 8.37. The fraction of sp³-hybridized carbons (Fsp3) is 0.611. The monoisotopic (exact) mass is 334 g/mol. The smallest absolute Gasteiger partial charge is 0.132 e. The van der Waals surface area contributed by atoms with E-state index in [1.807, 2.05) is 29.7 Å². The maximum Gasteiger partial charge on any atom is 0.132 e. The summed E-state index contributed by atoms with van der Waals surface area (Å²) < 4.78 is 5.32. The van der Waals surface area contributed by atoms with Gasteiger partial charge in [0.1, 0.15) is 11.9 Å². The average Bonchev–Trinajstić information content (AvgIpc) is 3.22. The summed E-state index contributed by atoms with van der Waals surface area (Å²) in [5, 5.41) is 11.6. The first kappa shape index (κ1) is 16.7. The fourth-order valence-corrected chi connectivity index (χ4v) is 4.45. The van der Waals surface area contributed by atoms with Crippen molar-refractivity contribution < 1.29 is 9.52 Å². The number of nitrogens with zero attached hydrogens (tertiary/aromatic N) is 2. The number of furan rings is 1. The van der Waals surface area contributed by atoms with Gasteiger partial charge < -0.3 is 9.52 Å². The van der Waals surface area contributed by atoms with Gasteiger partial charge in [0.2, 0.25) is 0 Å². The Morgan fingerprint density at radius 3 is 3.09 bits per heavy atom. The van der Waals surface area contributed by atoms with E-state index in [1.165, 1.54) is 16.3 Å². The van der Waals surface area contributed by atoms with Gasteiger partial charge in [-0.05, 0) is 43.9 Å². The number of aliphatic hydroxyl groups excluding tert-OH is 1. The zero-order valence-electron chi connectivity index (χ0n) is 13.9. The van der Waals surface area contributed by atoms with Gasteiger partial charge in [-0.3, -0.25) is 4.90 Å². The third kappa shape index (κ3) is 4.43. The molecule has 0 radical (unpaired) electrons. The van der Waals surface area contributed by atoms with Gasteiger partial charge in [0.05, 0.1) is 11.3 Å². The summed E-state index contributed by atoms with van der Waals surface area (Å²) in [6.45, 7) is 6.51. The molecule has 1 N–H and O–H groups in total. The Morgan fingerprint density at radius 2 is 2.35 bits per heavy atom. The van der Waals surface area contributed by atoms with Crippen LogP contribution in [0.2, 0.25) is 0 Å². The quantitative estimate of drug-likeness (QED) is 0.831. The SMILES string of the molecule is CC(C)Cc1ncc(CN2CCCC2CC(O)c2ccco2)s1. The maximum absolute atomic E-state index is 10.3. The summed E-state index contributed by atoms with van der Waals surface area (Å²) in [7, 11) is 0. The van der Waals surface area contributed by atoms with Crippen LogP contribution in [0.5, 0.6) is 0 Å². The predicted molar refractivity (Wildman–Crippen MR) is 92.4 cm³/mol. The Bertz CT molecular complexity index is 594. The third-order valence-electron chi connectivity index (χ3n) is 4.41. The van der Waals surface area contributed by atoms with Crippen molar-refractivity contribution in [3.05, 3.63) is 40.2 Å². The Morgan fingerprint density at radius 1 is 1.48 bits per heavy atom. The first-order valence-corrected chi connectivity index (χ1v) is 9.32. The van der Waals surface area contributed by atoms with E-state index >= 15 is 0 Å². The van der Waals surface area contributed by atoms with Crippen molar-refractivity contribution in [3.63, 3.8) is 0 Å². The number of likely N-dealkylation sites (tertiary alicyclic amines) is 1. The Labute approximate surface area is 142 Å². The standard InChI is InChI=1S/C18H26N2O2S/c1-13(2)9-18-19-11-15(23-18)12-20-7-3-5-14(20)10-16(21)17-6-4-8-22-17/h4,6,8,11,13-14,16,21H,3,5,7,9-10,12H2,1-2H3. The molecule has 2 aromatic heterocycles. The molecule has 4 nitrogen and oxygen atoms in total. The minimum atomic E-state index is -0.506. The average molecular weight is 334 g/mol. The molecule has 3 rings (SSSR count). The third-order valence-corrected chi connectivity index (χ3v) is 5.41. The van der Waals surface area contributed by atoms with Crippen LogP contribution in [0.3, 0.4) is 0 Å². The second-order valence-electron chi connectivity index (χ2n) is 6.85. The summed E-state index contributed by atoms with van der Waals surface area (Å²) >= 11 is 1.83. The number of aliphatic hydroxyl groups is 1. The molecule has 5 heteroatoms. The van der Waals surface area contributed by atoms with Crippen molar-refractivity contribution in [2.45, 2.75) is 58.2 Å². The van der Waals surface area contributed by atoms with Crippen LogP contribution < -0.4 is 0 Å². The number of hydrogen-bond donors (Lipinski definition) is 1. The van der Waals surface area contributed by atoms with E-state index in [0.717, 1.165) is 32.4 Å². The highest BCUT2D eigenvalue weighted by Crippen LogP contribution is 2.30. The van der Waals surface area contributed by atoms with Crippen LogP contribution in [0.25, 0.3) is 0 Å². The van der Waals surface area contributed by atoms with Gasteiger partial charge in [0.15, 0.2) is 0 Å². The molecule has 2 aromatic rings. The molecule has 23 heavy (non-hydrogen) atoms. The second kappa shape index (κ2) is 7.60. The minimum absolute atomic E-state index is 0.422. The highest BCUT2D eigenvalue weighted by molar-refractivity contribution is 7.11. The van der Waals surface area contributed by atoms with Crippen molar-refractivity contribution in [3.8, 4) is 0 Å². The van der Waals surface area contributed by atoms with Crippen LogP contribution in [0.4, 0.5) is 0 Å². The van der Waals surface area contributed by atoms with E-state index in [2.05, 4.69) is 23.7 Å². The lowest BCUT2D eigenvalue weighted by Crippen LogP contribution is -2.30. The summed E-state index contributed by atoms with van der Waals surface area (Å²) in [6, 6.07) is 4.11. The maximum atomic E-state index is 10.3. The molecule has 1 aliphatic rings. The molecular weight excluding hydrogens is 308 g/mol. The molecule has 2 atom stereocenters. The molecule has 126 valence electrons. The number of hydrogen-bond acceptors (Lipinski definition) is 5. The zero-order chi connectivity index (χ0) is 16.2. The lowest BCUT2D eigenvalue weighted by molar-refractivity contribution is 0.0998. The van der Waals surface area contributed by atoms with E-state index in [0.29, 0.717) is 17.7 Å². The fourth-order valence-electron chi connectivity index (χ4n) is 3.29. The van der Waals surface area contributed by atoms with Gasteiger partial charge in [0, 0.05) is 30.1 Å². The second-order valence-corrected chi connectivity index (χ2v) is 8.05. The molecule has 0 bridgehead atoms. The van der Waals surface area contributed by atoms with Crippen molar-refractivity contribution in [1.82, 2.24) is 9.88 Å². The van der Waals surface area contributed by atoms with Crippen LogP contribution in [0.1, 0.15) is 54.9 Å². The lowest BCUT2D eigenvalue weighted by Gasteiger charge is -2.25. The van der Waals surface area contributed by atoms with Gasteiger partial charge in [-0.1, -0.05) is 13.8 Å². The van der Waals surface area contributed by atoms with Crippen LogP contribution in [0.15, 0.2) is 29.0 Å². The van der Waals surface area contributed by atoms with Gasteiger partial charge in [-0.25, -0.2) is 4.98 Å². The largest absolute Gasteiger partial charge is 0.467 e. The van der Waals surface area contributed by atoms with E-state index in [9.17, 15) is 5.11 Å². The van der Waals surface area contributed by atoms with Gasteiger partial charge in [-0.2, -0.15) is 0 Å². The van der Waals surface area contributed by atoms with Gasteiger partial charge in [-0.15, -0.1) is 11.3 Å². The highest BCUT2D eigenvalue weighted by Gasteiger charge is 2.28. The topological polar surface area (TPSA) is 49.5 Å². The molecule has 1 saturated heterocycles. The summed E-state index contributed by atoms with van der Waals surface area (Å²) in [5.41, 5.74) is 0. The van der Waals surface area contributed by atoms with Gasteiger partial charge in [0.25, 0.3) is 0 Å². The molecule has 0 saturated carbocycles. The van der Waals surface area contributed by atoms with E-state index < -0.39 is 6.10 Å². The molecule has 3 heterocycles. The number of rotatable bonds is 7. The van der Waals surface area contributed by atoms with Crippen LogP contribution >= 0.6 is 11.3 Å². The number of aromatic nitrogens is 1. The normalized spacial score (nSPS) is 20.4. The summed E-state index contributed by atoms with van der Waals surface area (Å²) in [5.74, 6) is 1.32. The molecule has 0 amide bonds. The van der Waals surface area contributed by atoms with Gasteiger partial charge >= 0.3 is 0 Å². The lowest BCUT2D eigenvalue weighted by atomic mass is 10.1. The van der Waals surface area contributed by atoms with E-state index in [1.54, 1.807) is 6.26 Å². The van der Waals surface area contributed by atoms with Crippen LogP contribution in [0, 0.1) is 5.92 Å². The van der Waals surface area contributed by atoms with E-state index in [-0.39, 0.29) is 0 Å². The molecule has 1 fully saturated rings. The molecule has 0 aliphatic carbocycles. The van der Waals surface area contributed by atoms with Crippen molar-refractivity contribution >= 4 is 11.3 Å². The van der Waals surface area contributed by atoms with Crippen LogP contribution in [-0.2, 0) is 13.0 Å². The molecular formula is C18H26N2O2S. The van der Waals surface area contributed by atoms with Crippen molar-refractivity contribution in [2.24, 2.45) is 5.92 Å². The van der Waals surface area contributed by atoms with E-state index in [4.69, 9.17) is 4.42 Å². The zero-order valence-corrected chi connectivity index (χ0v) is 14.8. The molecule has 0 spiro atoms. The molecule has 0 aromatic carbocycles. The molecule has 2 unspecified atom stereocenters. The van der Waals surface area contributed by atoms with Crippen molar-refractivity contribution in [2.75, 3.05) is 6.54 Å². The Hall–Kier alpha value is -1.17. The Kier molecular flexibility index (Phi) is 5.51. The highest BCUT2D eigenvalue weighted by atomic mass is 32.1. The first-order chi connectivity index (χ1) is 11.1. The van der Waals surface area contributed by atoms with Crippen LogP contribution in [-0.4, -0.2) is 27.6 Å². The van der Waals surface area contributed by atoms with Crippen molar-refractivity contribution in [1.29, 1.82) is 0 Å².